The van der Waals surface area contributed by atoms with Gasteiger partial charge in [-0.25, -0.2) is 4.39 Å². The third kappa shape index (κ3) is 2.27. The predicted molar refractivity (Wildman–Crippen MR) is 44.1 cm³/mol. The van der Waals surface area contributed by atoms with Crippen molar-refractivity contribution in [2.45, 2.75) is 17.4 Å². The average Bonchev–Trinajstić information content (AvgIpc) is 2.13. The summed E-state index contributed by atoms with van der Waals surface area (Å²) >= 11 is 4.01. The summed E-state index contributed by atoms with van der Waals surface area (Å²) in [6.45, 7) is 0.269. The van der Waals surface area contributed by atoms with Crippen molar-refractivity contribution >= 4 is 21.9 Å². The van der Waals surface area contributed by atoms with E-state index in [1.165, 1.54) is 4.68 Å². The summed E-state index contributed by atoms with van der Waals surface area (Å²) < 4.78 is 13.8. The van der Waals surface area contributed by atoms with Gasteiger partial charge in [-0.2, -0.15) is 5.10 Å². The van der Waals surface area contributed by atoms with Crippen LogP contribution in [0.5, 0.6) is 0 Å². The highest BCUT2D eigenvalue weighted by molar-refractivity contribution is 7.80. The summed E-state index contributed by atoms with van der Waals surface area (Å²) in [5, 5.41) is 3.84. The first-order chi connectivity index (χ1) is 4.68. The minimum atomic E-state index is -0.937. The Morgan fingerprint density at radius 3 is 3.00 bits per heavy atom. The molecule has 0 bridgehead atoms. The fraction of sp³-hybridized carbons (Fsp3) is 0.400. The van der Waals surface area contributed by atoms with E-state index in [0.29, 0.717) is 0 Å². The van der Waals surface area contributed by atoms with Gasteiger partial charge in [-0.3, -0.25) is 4.68 Å². The molecule has 2 nitrogen and oxygen atoms in total. The Hall–Kier alpha value is -0.0800. The summed E-state index contributed by atoms with van der Waals surface area (Å²) in [6, 6.07) is 0. The van der Waals surface area contributed by atoms with Crippen molar-refractivity contribution in [3.8, 4) is 0 Å². The van der Waals surface area contributed by atoms with Gasteiger partial charge in [-0.1, -0.05) is 9.24 Å². The summed E-state index contributed by atoms with van der Waals surface area (Å²) in [5.74, 6) is -0.937. The zero-order chi connectivity index (χ0) is 7.56. The van der Waals surface area contributed by atoms with Crippen LogP contribution in [-0.4, -0.2) is 15.7 Å². The van der Waals surface area contributed by atoms with Crippen LogP contribution < -0.4 is 0 Å². The number of alkyl halides is 1. The van der Waals surface area contributed by atoms with E-state index in [0.717, 1.165) is 4.90 Å². The molecule has 10 heavy (non-hydrogen) atoms. The van der Waals surface area contributed by atoms with Crippen LogP contribution in [0.25, 0.3) is 0 Å². The molecule has 0 spiro atoms. The maximum atomic E-state index is 12.3. The number of halogens is 1. The number of thiol groups is 1. The molecule has 1 heterocycles. The second-order valence-corrected chi connectivity index (χ2v) is 3.18. The van der Waals surface area contributed by atoms with Gasteiger partial charge in [0.25, 0.3) is 0 Å². The molecule has 0 aromatic carbocycles. The SMILES string of the molecule is FC(P)Cn1cc(S)cn1. The fourth-order valence-electron chi connectivity index (χ4n) is 0.631. The van der Waals surface area contributed by atoms with E-state index in [1.807, 2.05) is 0 Å². The molecule has 1 rings (SSSR count). The van der Waals surface area contributed by atoms with E-state index in [1.54, 1.807) is 12.4 Å². The third-order valence-corrected chi connectivity index (χ3v) is 1.42. The zero-order valence-electron chi connectivity index (χ0n) is 5.24. The maximum absolute atomic E-state index is 12.3. The smallest absolute Gasteiger partial charge is 0.133 e. The average molecular weight is 178 g/mol. The topological polar surface area (TPSA) is 17.8 Å². The van der Waals surface area contributed by atoms with E-state index >= 15 is 0 Å². The first-order valence-corrected chi connectivity index (χ1v) is 3.91. The molecule has 0 saturated heterocycles. The minimum Gasteiger partial charge on any atom is -0.268 e. The van der Waals surface area contributed by atoms with Gasteiger partial charge in [0, 0.05) is 11.1 Å². The van der Waals surface area contributed by atoms with Crippen molar-refractivity contribution in [3.05, 3.63) is 12.4 Å². The molecule has 0 N–H and O–H groups in total. The van der Waals surface area contributed by atoms with Crippen LogP contribution in [0.3, 0.4) is 0 Å². The van der Waals surface area contributed by atoms with Crippen LogP contribution in [0.4, 0.5) is 4.39 Å². The predicted octanol–water partition coefficient (Wildman–Crippen LogP) is 1.34. The van der Waals surface area contributed by atoms with Crippen LogP contribution >= 0.6 is 21.9 Å². The van der Waals surface area contributed by atoms with Crippen LogP contribution in [0.2, 0.25) is 0 Å². The Morgan fingerprint density at radius 1 is 1.90 bits per heavy atom. The molecular weight excluding hydrogens is 170 g/mol. The quantitative estimate of drug-likeness (QED) is 0.534. The van der Waals surface area contributed by atoms with Crippen molar-refractivity contribution in [2.75, 3.05) is 0 Å². The Bertz CT molecular complexity index is 213. The van der Waals surface area contributed by atoms with Crippen molar-refractivity contribution < 1.29 is 4.39 Å². The second kappa shape index (κ2) is 3.35. The first-order valence-electron chi connectivity index (χ1n) is 2.79. The number of aromatic nitrogens is 2. The molecule has 1 aromatic heterocycles. The molecule has 0 aliphatic heterocycles. The molecule has 1 aromatic rings. The Labute approximate surface area is 66.4 Å². The van der Waals surface area contributed by atoms with Gasteiger partial charge in [-0.15, -0.1) is 12.6 Å². The molecule has 0 radical (unpaired) electrons. The van der Waals surface area contributed by atoms with Gasteiger partial charge >= 0.3 is 0 Å². The molecule has 0 fully saturated rings. The van der Waals surface area contributed by atoms with Gasteiger partial charge in [-0.05, 0) is 0 Å². The van der Waals surface area contributed by atoms with Gasteiger partial charge in [0.15, 0.2) is 0 Å². The maximum Gasteiger partial charge on any atom is 0.133 e. The Kier molecular flexibility index (Phi) is 2.69. The highest BCUT2D eigenvalue weighted by Gasteiger charge is 1.99. The monoisotopic (exact) mass is 178 g/mol. The van der Waals surface area contributed by atoms with E-state index in [9.17, 15) is 4.39 Å². The highest BCUT2D eigenvalue weighted by Crippen LogP contribution is 2.07. The lowest BCUT2D eigenvalue weighted by atomic mass is 10.7. The first kappa shape index (κ1) is 8.02. The summed E-state index contributed by atoms with van der Waals surface area (Å²) in [7, 11) is 2.06. The minimum absolute atomic E-state index is 0.269. The van der Waals surface area contributed by atoms with E-state index in [4.69, 9.17) is 0 Å². The van der Waals surface area contributed by atoms with Crippen molar-refractivity contribution in [3.63, 3.8) is 0 Å². The van der Waals surface area contributed by atoms with Gasteiger partial charge in [0.2, 0.25) is 0 Å². The molecule has 2 atom stereocenters. The van der Waals surface area contributed by atoms with Crippen molar-refractivity contribution in [1.29, 1.82) is 0 Å². The normalized spacial score (nSPS) is 13.5. The van der Waals surface area contributed by atoms with Crippen molar-refractivity contribution in [2.24, 2.45) is 0 Å². The lowest BCUT2D eigenvalue weighted by Crippen LogP contribution is -2.04. The van der Waals surface area contributed by atoms with Gasteiger partial charge in [0.05, 0.1) is 12.7 Å². The van der Waals surface area contributed by atoms with Crippen molar-refractivity contribution in [1.82, 2.24) is 9.78 Å². The number of rotatable bonds is 2. The van der Waals surface area contributed by atoms with Crippen LogP contribution in [0.1, 0.15) is 0 Å². The number of hydrogen-bond acceptors (Lipinski definition) is 2. The third-order valence-electron chi connectivity index (χ3n) is 0.981. The van der Waals surface area contributed by atoms with Gasteiger partial charge < -0.3 is 0 Å². The number of hydrogen-bond donors (Lipinski definition) is 1. The molecule has 5 heteroatoms. The zero-order valence-corrected chi connectivity index (χ0v) is 7.29. The van der Waals surface area contributed by atoms with Crippen LogP contribution in [-0.2, 0) is 6.54 Å². The van der Waals surface area contributed by atoms with Crippen LogP contribution in [0, 0.1) is 0 Å². The Balaban J connectivity index is 2.58. The number of nitrogens with zero attached hydrogens (tertiary/aromatic N) is 2. The molecule has 0 amide bonds. The van der Waals surface area contributed by atoms with Crippen LogP contribution in [0.15, 0.2) is 17.3 Å². The van der Waals surface area contributed by atoms with Gasteiger partial charge in [0.1, 0.15) is 5.91 Å². The molecule has 2 unspecified atom stereocenters. The standard InChI is InChI=1S/C5H8FN2PS/c6-5(9)3-8-2-4(10)1-7-8/h1-2,5,10H,3,9H2. The van der Waals surface area contributed by atoms with E-state index in [2.05, 4.69) is 27.0 Å². The molecule has 0 aliphatic carbocycles. The molecular formula is C5H8FN2PS. The molecule has 56 valence electrons. The highest BCUT2D eigenvalue weighted by atomic mass is 32.1. The fourth-order valence-corrected chi connectivity index (χ4v) is 1.03. The summed E-state index contributed by atoms with van der Waals surface area (Å²) in [4.78, 5) is 0.755. The summed E-state index contributed by atoms with van der Waals surface area (Å²) in [5.41, 5.74) is 0. The second-order valence-electron chi connectivity index (χ2n) is 1.94. The van der Waals surface area contributed by atoms with E-state index < -0.39 is 5.91 Å². The lowest BCUT2D eigenvalue weighted by molar-refractivity contribution is 0.387. The lowest BCUT2D eigenvalue weighted by Gasteiger charge is -1.99. The largest absolute Gasteiger partial charge is 0.268 e. The summed E-state index contributed by atoms with van der Waals surface area (Å²) in [6.07, 6.45) is 3.26. The molecule has 0 aliphatic rings. The Morgan fingerprint density at radius 2 is 2.60 bits per heavy atom. The molecule has 0 saturated carbocycles. The van der Waals surface area contributed by atoms with E-state index in [-0.39, 0.29) is 6.54 Å².